The number of carboxylic acid groups (broad SMARTS) is 1. The molecule has 116 valence electrons. The van der Waals surface area contributed by atoms with E-state index < -0.39 is 18.2 Å². The first kappa shape index (κ1) is 15.8. The maximum Gasteiger partial charge on any atom is 0.335 e. The number of carbonyl (C=O) groups is 1. The van der Waals surface area contributed by atoms with Crippen molar-refractivity contribution in [3.8, 4) is 5.75 Å². The van der Waals surface area contributed by atoms with Crippen molar-refractivity contribution < 1.29 is 19.7 Å². The van der Waals surface area contributed by atoms with Crippen LogP contribution in [-0.2, 0) is 20.4 Å². The maximum atomic E-state index is 11.0. The minimum atomic E-state index is -0.942. The Bertz CT molecular complexity index is 540. The molecule has 4 nitrogen and oxygen atoms in total. The van der Waals surface area contributed by atoms with Crippen molar-refractivity contribution in [2.75, 3.05) is 0 Å². The second-order valence-corrected chi connectivity index (χ2v) is 7.78. The molecule has 1 aromatic rings. The fraction of sp³-hybridized carbons (Fsp3) is 0.588. The van der Waals surface area contributed by atoms with Crippen molar-refractivity contribution in [1.82, 2.24) is 0 Å². The van der Waals surface area contributed by atoms with Crippen LogP contribution in [0.15, 0.2) is 12.1 Å². The fourth-order valence-corrected chi connectivity index (χ4v) is 2.52. The highest BCUT2D eigenvalue weighted by Crippen LogP contribution is 2.45. The van der Waals surface area contributed by atoms with Crippen LogP contribution in [0.1, 0.15) is 64.3 Å². The molecule has 0 aromatic heterocycles. The third-order valence-corrected chi connectivity index (χ3v) is 3.81. The third kappa shape index (κ3) is 3.05. The van der Waals surface area contributed by atoms with Gasteiger partial charge in [-0.15, -0.1) is 0 Å². The van der Waals surface area contributed by atoms with Gasteiger partial charge in [0.05, 0.1) is 0 Å². The van der Waals surface area contributed by atoms with E-state index in [2.05, 4.69) is 0 Å². The zero-order chi connectivity index (χ0) is 16.2. The molecule has 2 N–H and O–H groups in total. The Labute approximate surface area is 125 Å². The van der Waals surface area contributed by atoms with Crippen molar-refractivity contribution in [3.05, 3.63) is 28.8 Å². The molecule has 0 radical (unpaired) electrons. The molecular weight excluding hydrogens is 268 g/mol. The number of hydrogen-bond donors (Lipinski definition) is 2. The number of carboxylic acids is 1. The van der Waals surface area contributed by atoms with Gasteiger partial charge in [-0.3, -0.25) is 0 Å². The Kier molecular flexibility index (Phi) is 3.57. The fourth-order valence-electron chi connectivity index (χ4n) is 2.52. The van der Waals surface area contributed by atoms with Gasteiger partial charge in [-0.05, 0) is 39.7 Å². The summed E-state index contributed by atoms with van der Waals surface area (Å²) in [6.07, 6.45) is -1.18. The molecular formula is C17H24O4. The van der Waals surface area contributed by atoms with Crippen LogP contribution in [0.3, 0.4) is 0 Å². The van der Waals surface area contributed by atoms with Crippen LogP contribution in [0.25, 0.3) is 0 Å². The van der Waals surface area contributed by atoms with Gasteiger partial charge in [-0.2, -0.15) is 0 Å². The molecule has 2 atom stereocenters. The highest BCUT2D eigenvalue weighted by Gasteiger charge is 2.47. The number of aliphatic carboxylic acids is 1. The molecule has 4 heteroatoms. The Morgan fingerprint density at radius 3 is 1.76 bits per heavy atom. The van der Waals surface area contributed by atoms with E-state index in [-0.39, 0.29) is 10.8 Å². The summed E-state index contributed by atoms with van der Waals surface area (Å²) in [6.45, 7) is 12.2. The van der Waals surface area contributed by atoms with Crippen molar-refractivity contribution >= 4 is 5.97 Å². The highest BCUT2D eigenvalue weighted by atomic mass is 16.6. The van der Waals surface area contributed by atoms with Gasteiger partial charge in [0.1, 0.15) is 11.9 Å². The largest absolute Gasteiger partial charge is 0.507 e. The average molecular weight is 292 g/mol. The van der Waals surface area contributed by atoms with E-state index in [1.165, 1.54) is 0 Å². The van der Waals surface area contributed by atoms with Gasteiger partial charge in [-0.25, -0.2) is 4.79 Å². The molecule has 1 fully saturated rings. The van der Waals surface area contributed by atoms with E-state index in [4.69, 9.17) is 9.84 Å². The maximum absolute atomic E-state index is 11.0. The van der Waals surface area contributed by atoms with Gasteiger partial charge in [-0.1, -0.05) is 41.5 Å². The Balaban J connectivity index is 2.56. The zero-order valence-electron chi connectivity index (χ0n) is 13.5. The molecule has 2 rings (SSSR count). The molecule has 2 unspecified atom stereocenters. The molecule has 0 spiro atoms. The van der Waals surface area contributed by atoms with E-state index in [0.29, 0.717) is 5.75 Å². The lowest BCUT2D eigenvalue weighted by atomic mass is 9.78. The van der Waals surface area contributed by atoms with Crippen molar-refractivity contribution in [2.45, 2.75) is 64.6 Å². The normalized spacial score (nSPS) is 22.2. The molecule has 0 bridgehead atoms. The van der Waals surface area contributed by atoms with E-state index in [9.17, 15) is 9.90 Å². The summed E-state index contributed by atoms with van der Waals surface area (Å²) in [5.41, 5.74) is 2.02. The van der Waals surface area contributed by atoms with Crippen LogP contribution in [0, 0.1) is 0 Å². The standard InChI is InChI=1S/C17H24O4/c1-16(2,3)10-7-9(13-14(21-13)15(19)20)8-11(12(10)18)17(4,5)6/h7-8,13-14,18H,1-6H3,(H,19,20). The van der Waals surface area contributed by atoms with Crippen molar-refractivity contribution in [1.29, 1.82) is 0 Å². The van der Waals surface area contributed by atoms with E-state index in [1.54, 1.807) is 0 Å². The topological polar surface area (TPSA) is 70.1 Å². The third-order valence-electron chi connectivity index (χ3n) is 3.81. The summed E-state index contributed by atoms with van der Waals surface area (Å²) >= 11 is 0. The lowest BCUT2D eigenvalue weighted by molar-refractivity contribution is -0.138. The van der Waals surface area contributed by atoms with E-state index in [0.717, 1.165) is 16.7 Å². The molecule has 0 saturated carbocycles. The monoisotopic (exact) mass is 292 g/mol. The number of benzene rings is 1. The lowest BCUT2D eigenvalue weighted by Gasteiger charge is -2.28. The Morgan fingerprint density at radius 2 is 1.48 bits per heavy atom. The highest BCUT2D eigenvalue weighted by molar-refractivity contribution is 5.76. The predicted octanol–water partition coefficient (Wildman–Crippen LogP) is 3.51. The summed E-state index contributed by atoms with van der Waals surface area (Å²) in [7, 11) is 0. The molecule has 1 saturated heterocycles. The van der Waals surface area contributed by atoms with Crippen molar-refractivity contribution in [2.24, 2.45) is 0 Å². The van der Waals surface area contributed by atoms with Gasteiger partial charge in [0.2, 0.25) is 0 Å². The first-order valence-corrected chi connectivity index (χ1v) is 7.19. The minimum Gasteiger partial charge on any atom is -0.507 e. The molecule has 0 aliphatic carbocycles. The average Bonchev–Trinajstić information content (AvgIpc) is 3.05. The zero-order valence-corrected chi connectivity index (χ0v) is 13.5. The summed E-state index contributed by atoms with van der Waals surface area (Å²) < 4.78 is 5.26. The smallest absolute Gasteiger partial charge is 0.335 e. The summed E-state index contributed by atoms with van der Waals surface area (Å²) in [5, 5.41) is 19.6. The molecule has 0 amide bonds. The SMILES string of the molecule is CC(C)(C)c1cc(C2OC2C(=O)O)cc(C(C)(C)C)c1O. The Hall–Kier alpha value is -1.55. The second kappa shape index (κ2) is 4.73. The lowest BCUT2D eigenvalue weighted by Crippen LogP contribution is -2.18. The number of ether oxygens (including phenoxy) is 1. The molecule has 1 aliphatic rings. The molecule has 1 aromatic carbocycles. The van der Waals surface area contributed by atoms with Crippen LogP contribution in [0.4, 0.5) is 0 Å². The van der Waals surface area contributed by atoms with Crippen LogP contribution < -0.4 is 0 Å². The van der Waals surface area contributed by atoms with E-state index in [1.807, 2.05) is 53.7 Å². The molecule has 21 heavy (non-hydrogen) atoms. The van der Waals surface area contributed by atoms with Gasteiger partial charge in [0, 0.05) is 0 Å². The summed E-state index contributed by atoms with van der Waals surface area (Å²) in [6, 6.07) is 3.75. The second-order valence-electron chi connectivity index (χ2n) is 7.78. The quantitative estimate of drug-likeness (QED) is 0.818. The van der Waals surface area contributed by atoms with Gasteiger partial charge < -0.3 is 14.9 Å². The first-order valence-electron chi connectivity index (χ1n) is 7.19. The van der Waals surface area contributed by atoms with Crippen LogP contribution in [-0.4, -0.2) is 22.3 Å². The van der Waals surface area contributed by atoms with Gasteiger partial charge >= 0.3 is 5.97 Å². The number of phenolic OH excluding ortho intramolecular Hbond substituents is 1. The first-order chi connectivity index (χ1) is 9.43. The predicted molar refractivity (Wildman–Crippen MR) is 80.8 cm³/mol. The number of rotatable bonds is 2. The van der Waals surface area contributed by atoms with E-state index >= 15 is 0 Å². The minimum absolute atomic E-state index is 0.228. The summed E-state index contributed by atoms with van der Waals surface area (Å²) in [4.78, 5) is 11.0. The number of hydrogen-bond acceptors (Lipinski definition) is 3. The molecule has 1 heterocycles. The van der Waals surface area contributed by atoms with Gasteiger partial charge in [0.15, 0.2) is 6.10 Å². The van der Waals surface area contributed by atoms with Crippen LogP contribution >= 0.6 is 0 Å². The van der Waals surface area contributed by atoms with Crippen LogP contribution in [0.5, 0.6) is 5.75 Å². The van der Waals surface area contributed by atoms with Crippen molar-refractivity contribution in [3.63, 3.8) is 0 Å². The number of phenols is 1. The molecule has 1 aliphatic heterocycles. The summed E-state index contributed by atoms with van der Waals surface area (Å²) in [5.74, 6) is -0.644. The number of aromatic hydroxyl groups is 1. The van der Waals surface area contributed by atoms with Gasteiger partial charge in [0.25, 0.3) is 0 Å². The Morgan fingerprint density at radius 1 is 1.05 bits per heavy atom. The number of epoxide rings is 1. The van der Waals surface area contributed by atoms with Crippen LogP contribution in [0.2, 0.25) is 0 Å².